The molecule has 0 saturated carbocycles. The molecule has 2 aliphatic rings. The van der Waals surface area contributed by atoms with Crippen LogP contribution in [0, 0.1) is 0 Å². The van der Waals surface area contributed by atoms with E-state index in [0.717, 1.165) is 43.5 Å². The fraction of sp³-hybridized carbons (Fsp3) is 0.440. The molecule has 0 aliphatic carbocycles. The Kier molecular flexibility index (Phi) is 6.53. The lowest BCUT2D eigenvalue weighted by molar-refractivity contribution is 0.102. The first-order chi connectivity index (χ1) is 17.4. The summed E-state index contributed by atoms with van der Waals surface area (Å²) in [6, 6.07) is 9.18. The molecule has 2 aliphatic heterocycles. The Hall–Kier alpha value is -4.02. The van der Waals surface area contributed by atoms with Gasteiger partial charge in [-0.25, -0.2) is 14.5 Å². The van der Waals surface area contributed by atoms with Gasteiger partial charge in [-0.05, 0) is 78.9 Å². The normalized spacial score (nSPS) is 15.2. The van der Waals surface area contributed by atoms with Crippen molar-refractivity contribution in [2.24, 2.45) is 0 Å². The van der Waals surface area contributed by atoms with Gasteiger partial charge in [-0.2, -0.15) is 0 Å². The Balaban J connectivity index is 1.37. The van der Waals surface area contributed by atoms with Crippen LogP contribution < -0.4 is 10.1 Å². The zero-order valence-electron chi connectivity index (χ0n) is 20.8. The summed E-state index contributed by atoms with van der Waals surface area (Å²) in [5, 5.41) is 14.7. The second-order valence-corrected chi connectivity index (χ2v) is 9.37. The van der Waals surface area contributed by atoms with Crippen molar-refractivity contribution in [3.8, 4) is 17.3 Å². The molecule has 1 fully saturated rings. The highest BCUT2D eigenvalue weighted by molar-refractivity contribution is 6.06. The maximum atomic E-state index is 13.3. The molecule has 3 aromatic rings. The van der Waals surface area contributed by atoms with Crippen molar-refractivity contribution in [2.45, 2.75) is 45.7 Å². The van der Waals surface area contributed by atoms with Gasteiger partial charge in [0, 0.05) is 26.2 Å². The number of hydrogen-bond acceptors (Lipinski definition) is 7. The number of anilines is 1. The van der Waals surface area contributed by atoms with E-state index in [4.69, 9.17) is 4.74 Å². The summed E-state index contributed by atoms with van der Waals surface area (Å²) in [5.74, 6) is 1.05. The predicted molar refractivity (Wildman–Crippen MR) is 133 cm³/mol. The van der Waals surface area contributed by atoms with Crippen LogP contribution in [-0.4, -0.2) is 73.7 Å². The van der Waals surface area contributed by atoms with Crippen molar-refractivity contribution >= 4 is 17.8 Å². The van der Waals surface area contributed by atoms with Crippen molar-refractivity contribution in [1.29, 1.82) is 0 Å². The first-order valence-corrected chi connectivity index (χ1v) is 12.2. The van der Waals surface area contributed by atoms with Gasteiger partial charge in [0.1, 0.15) is 17.3 Å². The van der Waals surface area contributed by atoms with E-state index >= 15 is 0 Å². The van der Waals surface area contributed by atoms with Crippen molar-refractivity contribution in [3.63, 3.8) is 0 Å². The molecular weight excluding hydrogens is 460 g/mol. The minimum absolute atomic E-state index is 0.0618. The Morgan fingerprint density at radius 1 is 1.06 bits per heavy atom. The Bertz CT molecular complexity index is 1280. The number of methoxy groups -OCH3 is 1. The van der Waals surface area contributed by atoms with Gasteiger partial charge < -0.3 is 19.9 Å². The van der Waals surface area contributed by atoms with E-state index < -0.39 is 0 Å². The summed E-state index contributed by atoms with van der Waals surface area (Å²) < 4.78 is 7.23. The van der Waals surface area contributed by atoms with Crippen LogP contribution in [0.25, 0.3) is 11.5 Å². The third kappa shape index (κ3) is 4.60. The number of nitrogens with one attached hydrogen (secondary N) is 1. The van der Waals surface area contributed by atoms with Crippen LogP contribution >= 0.6 is 0 Å². The van der Waals surface area contributed by atoms with Crippen molar-refractivity contribution in [1.82, 2.24) is 35.0 Å². The summed E-state index contributed by atoms with van der Waals surface area (Å²) >= 11 is 0. The highest BCUT2D eigenvalue weighted by atomic mass is 16.5. The van der Waals surface area contributed by atoms with Gasteiger partial charge in [0.15, 0.2) is 0 Å². The first-order valence-electron chi connectivity index (χ1n) is 12.2. The number of ether oxygens (including phenoxy) is 1. The highest BCUT2D eigenvalue weighted by Gasteiger charge is 2.28. The SMILES string of the molecule is COc1cc2c(cc1C(=O)Nc1cccc(-c3nnnn3C(C)C)n1)CN(C(=O)N1CCCC1)CC2. The number of aromatic nitrogens is 5. The molecule has 1 N–H and O–H groups in total. The molecular formula is C25H30N8O3. The average molecular weight is 491 g/mol. The zero-order valence-corrected chi connectivity index (χ0v) is 20.8. The number of amides is 3. The van der Waals surface area contributed by atoms with Gasteiger partial charge in [-0.1, -0.05) is 6.07 Å². The van der Waals surface area contributed by atoms with Crippen LogP contribution in [-0.2, 0) is 13.0 Å². The lowest BCUT2D eigenvalue weighted by Crippen LogP contribution is -2.44. The fourth-order valence-corrected chi connectivity index (χ4v) is 4.73. The van der Waals surface area contributed by atoms with E-state index in [1.807, 2.05) is 35.8 Å². The molecule has 1 saturated heterocycles. The molecule has 188 valence electrons. The zero-order chi connectivity index (χ0) is 25.2. The summed E-state index contributed by atoms with van der Waals surface area (Å²) in [7, 11) is 1.55. The second kappa shape index (κ2) is 9.92. The fourth-order valence-electron chi connectivity index (χ4n) is 4.73. The quantitative estimate of drug-likeness (QED) is 0.584. The predicted octanol–water partition coefficient (Wildman–Crippen LogP) is 3.15. The smallest absolute Gasteiger partial charge is 0.320 e. The molecule has 0 unspecified atom stereocenters. The number of likely N-dealkylation sites (tertiary alicyclic amines) is 1. The van der Waals surface area contributed by atoms with Gasteiger partial charge in [-0.3, -0.25) is 4.79 Å². The van der Waals surface area contributed by atoms with Crippen LogP contribution in [0.15, 0.2) is 30.3 Å². The molecule has 3 amide bonds. The maximum Gasteiger partial charge on any atom is 0.320 e. The van der Waals surface area contributed by atoms with E-state index in [1.54, 1.807) is 30.0 Å². The number of benzene rings is 1. The van der Waals surface area contributed by atoms with Crippen LogP contribution in [0.5, 0.6) is 5.75 Å². The number of hydrogen-bond donors (Lipinski definition) is 1. The van der Waals surface area contributed by atoms with Crippen molar-refractivity contribution in [2.75, 3.05) is 32.1 Å². The van der Waals surface area contributed by atoms with E-state index in [-0.39, 0.29) is 18.0 Å². The Labute approximate surface area is 209 Å². The van der Waals surface area contributed by atoms with E-state index in [2.05, 4.69) is 25.8 Å². The van der Waals surface area contributed by atoms with Crippen molar-refractivity contribution < 1.29 is 14.3 Å². The standard InChI is InChI=1S/C25H30N8O3/c1-16(2)33-23(28-29-30-33)20-7-6-8-22(26-20)27-24(34)19-13-18-15-32(25(35)31-10-4-5-11-31)12-9-17(18)14-21(19)36-3/h6-8,13-14,16H,4-5,9-12,15H2,1-3H3,(H,26,27,34). The lowest BCUT2D eigenvalue weighted by Gasteiger charge is -2.32. The molecule has 11 nitrogen and oxygen atoms in total. The number of tetrazole rings is 1. The number of carbonyl (C=O) groups excluding carboxylic acids is 2. The largest absolute Gasteiger partial charge is 0.496 e. The second-order valence-electron chi connectivity index (χ2n) is 9.37. The molecule has 0 atom stereocenters. The van der Waals surface area contributed by atoms with Crippen LogP contribution in [0.2, 0.25) is 0 Å². The minimum Gasteiger partial charge on any atom is -0.496 e. The molecule has 4 heterocycles. The number of fused-ring (bicyclic) bond motifs is 1. The summed E-state index contributed by atoms with van der Waals surface area (Å²) in [5.41, 5.74) is 3.00. The maximum absolute atomic E-state index is 13.3. The lowest BCUT2D eigenvalue weighted by atomic mass is 9.96. The molecule has 0 radical (unpaired) electrons. The van der Waals surface area contributed by atoms with Crippen LogP contribution in [0.3, 0.4) is 0 Å². The third-order valence-electron chi connectivity index (χ3n) is 6.63. The van der Waals surface area contributed by atoms with Gasteiger partial charge in [0.2, 0.25) is 5.82 Å². The summed E-state index contributed by atoms with van der Waals surface area (Å²) in [6.07, 6.45) is 2.83. The molecule has 2 aromatic heterocycles. The summed E-state index contributed by atoms with van der Waals surface area (Å²) in [6.45, 7) is 6.72. The average Bonchev–Trinajstić information content (AvgIpc) is 3.60. The number of rotatable bonds is 5. The number of carbonyl (C=O) groups is 2. The van der Waals surface area contributed by atoms with Crippen LogP contribution in [0.4, 0.5) is 10.6 Å². The molecule has 36 heavy (non-hydrogen) atoms. The topological polar surface area (TPSA) is 118 Å². The molecule has 0 bridgehead atoms. The van der Waals surface area contributed by atoms with E-state index in [0.29, 0.717) is 41.7 Å². The van der Waals surface area contributed by atoms with Gasteiger partial charge in [-0.15, -0.1) is 5.10 Å². The minimum atomic E-state index is -0.342. The van der Waals surface area contributed by atoms with Crippen molar-refractivity contribution in [3.05, 3.63) is 47.0 Å². The van der Waals surface area contributed by atoms with Gasteiger partial charge in [0.05, 0.1) is 18.7 Å². The molecule has 0 spiro atoms. The van der Waals surface area contributed by atoms with E-state index in [9.17, 15) is 9.59 Å². The van der Waals surface area contributed by atoms with E-state index in [1.165, 1.54) is 0 Å². The molecule has 11 heteroatoms. The number of nitrogens with zero attached hydrogens (tertiary/aromatic N) is 7. The van der Waals surface area contributed by atoms with Gasteiger partial charge in [0.25, 0.3) is 5.91 Å². The number of pyridine rings is 1. The monoisotopic (exact) mass is 490 g/mol. The first kappa shape index (κ1) is 23.7. The van der Waals surface area contributed by atoms with Gasteiger partial charge >= 0.3 is 6.03 Å². The number of urea groups is 1. The Morgan fingerprint density at radius 3 is 2.61 bits per heavy atom. The third-order valence-corrected chi connectivity index (χ3v) is 6.63. The highest BCUT2D eigenvalue weighted by Crippen LogP contribution is 2.30. The summed E-state index contributed by atoms with van der Waals surface area (Å²) in [4.78, 5) is 34.6. The molecule has 5 rings (SSSR count). The van der Waals surface area contributed by atoms with Crippen LogP contribution in [0.1, 0.15) is 54.2 Å². The Morgan fingerprint density at radius 2 is 1.86 bits per heavy atom. The molecule has 1 aromatic carbocycles.